The van der Waals surface area contributed by atoms with Gasteiger partial charge in [0.1, 0.15) is 0 Å². The highest BCUT2D eigenvalue weighted by molar-refractivity contribution is 6.21. The van der Waals surface area contributed by atoms with Crippen LogP contribution < -0.4 is 4.90 Å². The van der Waals surface area contributed by atoms with Gasteiger partial charge in [-0.2, -0.15) is 0 Å². The molecule has 0 saturated carbocycles. The monoisotopic (exact) mass is 537 g/mol. The van der Waals surface area contributed by atoms with Crippen molar-refractivity contribution < 1.29 is 0 Å². The lowest BCUT2D eigenvalue weighted by Gasteiger charge is -2.42. The Morgan fingerprint density at radius 3 is 1.88 bits per heavy atom. The Morgan fingerprint density at radius 2 is 1.19 bits per heavy atom. The molecular weight excluding hydrogens is 506 g/mol. The maximum absolute atomic E-state index is 2.57. The van der Waals surface area contributed by atoms with Crippen LogP contribution in [0.1, 0.15) is 37.3 Å². The standard InChI is InChI=1S/C41H31N/c1-41(2)34-20-10-11-22-37(34)42-36-24-23-27(25-33(36)32-19-12-21-35(41)40(32)42)39-30-17-8-6-15-28(30)38(26-13-4-3-5-14-26)29-16-7-9-18-31(29)39/h3-18,20-25,32H,19H2,1-2H3. The average Bonchev–Trinajstić information content (AvgIpc) is 3.37. The van der Waals surface area contributed by atoms with Crippen molar-refractivity contribution in [3.8, 4) is 22.3 Å². The van der Waals surface area contributed by atoms with Gasteiger partial charge in [0.2, 0.25) is 0 Å². The number of fused-ring (bicyclic) bond motifs is 7. The molecule has 42 heavy (non-hydrogen) atoms. The van der Waals surface area contributed by atoms with Crippen molar-refractivity contribution in [1.82, 2.24) is 0 Å². The summed E-state index contributed by atoms with van der Waals surface area (Å²) in [6.45, 7) is 4.78. The predicted octanol–water partition coefficient (Wildman–Crippen LogP) is 11.1. The largest absolute Gasteiger partial charge is 0.313 e. The Hall–Kier alpha value is -4.88. The van der Waals surface area contributed by atoms with E-state index in [9.17, 15) is 0 Å². The molecule has 2 aliphatic heterocycles. The highest BCUT2D eigenvalue weighted by atomic mass is 15.2. The molecular formula is C41H31N. The number of anilines is 2. The van der Waals surface area contributed by atoms with Crippen molar-refractivity contribution >= 4 is 32.9 Å². The second-order valence-corrected chi connectivity index (χ2v) is 12.4. The van der Waals surface area contributed by atoms with Crippen molar-refractivity contribution in [3.05, 3.63) is 156 Å². The fraction of sp³-hybridized carbons (Fsp3) is 0.122. The summed E-state index contributed by atoms with van der Waals surface area (Å²) in [7, 11) is 0. The molecule has 0 aromatic heterocycles. The van der Waals surface area contributed by atoms with Crippen molar-refractivity contribution in [1.29, 1.82) is 0 Å². The Balaban J connectivity index is 1.33. The van der Waals surface area contributed by atoms with E-state index in [1.807, 2.05) is 0 Å². The molecule has 1 atom stereocenters. The second kappa shape index (κ2) is 8.57. The zero-order valence-corrected chi connectivity index (χ0v) is 23.9. The van der Waals surface area contributed by atoms with E-state index in [2.05, 4.69) is 152 Å². The van der Waals surface area contributed by atoms with Gasteiger partial charge in [0.25, 0.3) is 0 Å². The zero-order valence-electron chi connectivity index (χ0n) is 23.9. The van der Waals surface area contributed by atoms with Gasteiger partial charge in [0, 0.05) is 28.4 Å². The van der Waals surface area contributed by atoms with Gasteiger partial charge in [0.15, 0.2) is 0 Å². The summed E-state index contributed by atoms with van der Waals surface area (Å²) in [5.74, 6) is 0.369. The first-order valence-electron chi connectivity index (χ1n) is 15.1. The van der Waals surface area contributed by atoms with Crippen LogP contribution in [0.25, 0.3) is 43.8 Å². The van der Waals surface area contributed by atoms with E-state index in [1.54, 1.807) is 0 Å². The van der Waals surface area contributed by atoms with E-state index >= 15 is 0 Å². The third-order valence-electron chi connectivity index (χ3n) is 9.92. The lowest BCUT2D eigenvalue weighted by Crippen LogP contribution is -2.33. The summed E-state index contributed by atoms with van der Waals surface area (Å²) in [6, 6.07) is 45.0. The van der Waals surface area contributed by atoms with Gasteiger partial charge in [-0.1, -0.05) is 129 Å². The number of benzene rings is 6. The molecule has 0 bridgehead atoms. The summed E-state index contributed by atoms with van der Waals surface area (Å²) in [6.07, 6.45) is 5.84. The van der Waals surface area contributed by atoms with Crippen molar-refractivity contribution in [2.75, 3.05) is 4.90 Å². The second-order valence-electron chi connectivity index (χ2n) is 12.4. The van der Waals surface area contributed by atoms with Crippen molar-refractivity contribution in [3.63, 3.8) is 0 Å². The summed E-state index contributed by atoms with van der Waals surface area (Å²) in [4.78, 5) is 2.57. The minimum Gasteiger partial charge on any atom is -0.313 e. The fourth-order valence-corrected chi connectivity index (χ4v) is 8.07. The van der Waals surface area contributed by atoms with Crippen LogP contribution in [-0.4, -0.2) is 0 Å². The maximum Gasteiger partial charge on any atom is 0.0499 e. The summed E-state index contributed by atoms with van der Waals surface area (Å²) in [5.41, 5.74) is 13.6. The molecule has 0 N–H and O–H groups in total. The minimum absolute atomic E-state index is 0.0257. The molecule has 1 heteroatoms. The molecule has 3 aliphatic rings. The van der Waals surface area contributed by atoms with E-state index in [0.29, 0.717) is 5.92 Å². The zero-order chi connectivity index (χ0) is 28.0. The molecule has 1 nitrogen and oxygen atoms in total. The van der Waals surface area contributed by atoms with Gasteiger partial charge in [0.05, 0.1) is 0 Å². The lowest BCUT2D eigenvalue weighted by molar-refractivity contribution is 0.598. The Labute approximate surface area is 247 Å². The molecule has 0 radical (unpaired) electrons. The van der Waals surface area contributed by atoms with Crippen LogP contribution in [0.5, 0.6) is 0 Å². The third-order valence-corrected chi connectivity index (χ3v) is 9.92. The lowest BCUT2D eigenvalue weighted by atomic mass is 9.70. The number of para-hydroxylation sites is 1. The van der Waals surface area contributed by atoms with Crippen LogP contribution in [0.15, 0.2) is 145 Å². The molecule has 9 rings (SSSR count). The Morgan fingerprint density at radius 1 is 0.595 bits per heavy atom. The molecule has 6 aromatic carbocycles. The number of hydrogen-bond donors (Lipinski definition) is 0. The van der Waals surface area contributed by atoms with E-state index in [0.717, 1.165) is 6.42 Å². The molecule has 1 aliphatic carbocycles. The van der Waals surface area contributed by atoms with Crippen LogP contribution in [-0.2, 0) is 5.41 Å². The van der Waals surface area contributed by atoms with Gasteiger partial charge >= 0.3 is 0 Å². The topological polar surface area (TPSA) is 3.24 Å². The van der Waals surface area contributed by atoms with E-state index in [1.165, 1.54) is 77.6 Å². The van der Waals surface area contributed by atoms with Gasteiger partial charge < -0.3 is 4.90 Å². The SMILES string of the molecule is CC1(C)C2=C3C(CC=C2)c2cc(-c4c5ccccc5c(-c5ccccc5)c5ccccc45)ccc2N3c2ccccc21. The first-order chi connectivity index (χ1) is 20.6. The Bertz CT molecular complexity index is 2090. The van der Waals surface area contributed by atoms with Crippen LogP contribution >= 0.6 is 0 Å². The van der Waals surface area contributed by atoms with E-state index in [-0.39, 0.29) is 5.41 Å². The number of nitrogens with zero attached hydrogens (tertiary/aromatic N) is 1. The minimum atomic E-state index is -0.0257. The maximum atomic E-state index is 2.57. The summed E-state index contributed by atoms with van der Waals surface area (Å²) in [5, 5.41) is 5.22. The molecule has 200 valence electrons. The molecule has 6 aromatic rings. The van der Waals surface area contributed by atoms with E-state index in [4.69, 9.17) is 0 Å². The average molecular weight is 538 g/mol. The van der Waals surface area contributed by atoms with Gasteiger partial charge in [-0.3, -0.25) is 0 Å². The van der Waals surface area contributed by atoms with Gasteiger partial charge in [-0.15, -0.1) is 0 Å². The molecule has 0 spiro atoms. The first kappa shape index (κ1) is 23.8. The smallest absolute Gasteiger partial charge is 0.0499 e. The number of rotatable bonds is 2. The van der Waals surface area contributed by atoms with Crippen molar-refractivity contribution in [2.45, 2.75) is 31.6 Å². The normalized spacial score (nSPS) is 17.9. The van der Waals surface area contributed by atoms with Crippen LogP contribution in [0.2, 0.25) is 0 Å². The van der Waals surface area contributed by atoms with Crippen molar-refractivity contribution in [2.24, 2.45) is 0 Å². The summed E-state index contributed by atoms with van der Waals surface area (Å²) < 4.78 is 0. The number of hydrogen-bond acceptors (Lipinski definition) is 1. The van der Waals surface area contributed by atoms with Crippen LogP contribution in [0.4, 0.5) is 11.4 Å². The molecule has 0 fully saturated rings. The Kier molecular flexibility index (Phi) is 4.85. The van der Waals surface area contributed by atoms with Crippen LogP contribution in [0.3, 0.4) is 0 Å². The van der Waals surface area contributed by atoms with Gasteiger partial charge in [-0.05, 0) is 85.1 Å². The highest BCUT2D eigenvalue weighted by Gasteiger charge is 2.46. The number of allylic oxidation sites excluding steroid dienone is 4. The highest BCUT2D eigenvalue weighted by Crippen LogP contribution is 2.60. The molecule has 0 saturated heterocycles. The first-order valence-corrected chi connectivity index (χ1v) is 15.1. The molecule has 2 heterocycles. The fourth-order valence-electron chi connectivity index (χ4n) is 8.07. The molecule has 0 amide bonds. The third kappa shape index (κ3) is 3.09. The summed E-state index contributed by atoms with van der Waals surface area (Å²) >= 11 is 0. The van der Waals surface area contributed by atoms with E-state index < -0.39 is 0 Å². The molecule has 1 unspecified atom stereocenters. The van der Waals surface area contributed by atoms with Gasteiger partial charge in [-0.25, -0.2) is 0 Å². The quantitative estimate of drug-likeness (QED) is 0.199. The predicted molar refractivity (Wildman–Crippen MR) is 177 cm³/mol. The van der Waals surface area contributed by atoms with Crippen LogP contribution in [0, 0.1) is 0 Å².